The monoisotopic (exact) mass is 228 g/mol. The Hall–Kier alpha value is -1.14. The van der Waals surface area contributed by atoms with E-state index in [9.17, 15) is 4.79 Å². The molecule has 6 heteroatoms. The van der Waals surface area contributed by atoms with Crippen LogP contribution in [0, 0.1) is 0 Å². The summed E-state index contributed by atoms with van der Waals surface area (Å²) in [5.41, 5.74) is 5.93. The van der Waals surface area contributed by atoms with E-state index in [-0.39, 0.29) is 11.6 Å². The highest BCUT2D eigenvalue weighted by Crippen LogP contribution is 2.32. The summed E-state index contributed by atoms with van der Waals surface area (Å²) in [6, 6.07) is 0. The average molecular weight is 228 g/mol. The normalized spacial score (nSPS) is 20.5. The quantitative estimate of drug-likeness (QED) is 0.765. The van der Waals surface area contributed by atoms with Crippen molar-refractivity contribution < 1.29 is 14.3 Å². The lowest BCUT2D eigenvalue weighted by Gasteiger charge is -2.00. The minimum Gasteiger partial charge on any atom is -0.464 e. The van der Waals surface area contributed by atoms with Gasteiger partial charge < -0.3 is 15.2 Å². The van der Waals surface area contributed by atoms with Crippen molar-refractivity contribution in [3.8, 4) is 0 Å². The van der Waals surface area contributed by atoms with E-state index < -0.39 is 5.97 Å². The van der Waals surface area contributed by atoms with Crippen molar-refractivity contribution in [2.24, 2.45) is 0 Å². The van der Waals surface area contributed by atoms with Crippen LogP contribution in [0.2, 0.25) is 0 Å². The molecule has 0 bridgehead atoms. The molecule has 0 amide bonds. The van der Waals surface area contributed by atoms with E-state index in [1.54, 1.807) is 0 Å². The second kappa shape index (κ2) is 4.16. The molecule has 1 aliphatic heterocycles. The van der Waals surface area contributed by atoms with Gasteiger partial charge in [-0.25, -0.2) is 9.78 Å². The molecule has 5 nitrogen and oxygen atoms in total. The van der Waals surface area contributed by atoms with E-state index >= 15 is 0 Å². The average Bonchev–Trinajstić information content (AvgIpc) is 2.84. The maximum Gasteiger partial charge on any atom is 0.359 e. The highest BCUT2D eigenvalue weighted by atomic mass is 32.1. The number of hydrogen-bond donors (Lipinski definition) is 1. The molecule has 2 heterocycles. The molecule has 1 atom stereocenters. The van der Waals surface area contributed by atoms with Crippen LogP contribution in [0.1, 0.15) is 27.8 Å². The Morgan fingerprint density at radius 3 is 3.13 bits per heavy atom. The molecule has 2 rings (SSSR count). The molecule has 1 aromatic rings. The second-order valence-corrected chi connectivity index (χ2v) is 4.38. The number of hydrogen-bond acceptors (Lipinski definition) is 6. The SMILES string of the molecule is COC(=O)c1nc(C2CCOC2)sc1N. The van der Waals surface area contributed by atoms with E-state index in [0.29, 0.717) is 11.6 Å². The van der Waals surface area contributed by atoms with Gasteiger partial charge in [0.1, 0.15) is 10.0 Å². The molecule has 1 aliphatic rings. The van der Waals surface area contributed by atoms with Crippen LogP contribution in [0.3, 0.4) is 0 Å². The molecule has 1 aromatic heterocycles. The Morgan fingerprint density at radius 2 is 2.53 bits per heavy atom. The van der Waals surface area contributed by atoms with Crippen LogP contribution in [0.4, 0.5) is 5.00 Å². The first-order chi connectivity index (χ1) is 7.22. The number of aromatic nitrogens is 1. The zero-order valence-corrected chi connectivity index (χ0v) is 9.17. The molecule has 0 saturated carbocycles. The number of ether oxygens (including phenoxy) is 2. The third kappa shape index (κ3) is 1.95. The van der Waals surface area contributed by atoms with E-state index in [1.807, 2.05) is 0 Å². The first-order valence-corrected chi connectivity index (χ1v) is 5.46. The number of thiazole rings is 1. The van der Waals surface area contributed by atoms with Crippen molar-refractivity contribution in [1.29, 1.82) is 0 Å². The van der Waals surface area contributed by atoms with Crippen molar-refractivity contribution in [3.05, 3.63) is 10.7 Å². The van der Waals surface area contributed by atoms with Gasteiger partial charge in [-0.1, -0.05) is 0 Å². The zero-order chi connectivity index (χ0) is 10.8. The highest BCUT2D eigenvalue weighted by molar-refractivity contribution is 7.16. The summed E-state index contributed by atoms with van der Waals surface area (Å²) in [6.45, 7) is 1.41. The minimum absolute atomic E-state index is 0.226. The number of carbonyl (C=O) groups is 1. The van der Waals surface area contributed by atoms with Crippen LogP contribution < -0.4 is 5.73 Å². The van der Waals surface area contributed by atoms with E-state index in [0.717, 1.165) is 18.0 Å². The second-order valence-electron chi connectivity index (χ2n) is 3.32. The highest BCUT2D eigenvalue weighted by Gasteiger charge is 2.25. The van der Waals surface area contributed by atoms with Crippen molar-refractivity contribution in [2.45, 2.75) is 12.3 Å². The minimum atomic E-state index is -0.478. The van der Waals surface area contributed by atoms with Gasteiger partial charge in [0, 0.05) is 12.5 Å². The molecular formula is C9H12N2O3S. The molecule has 82 valence electrons. The molecule has 0 spiro atoms. The first kappa shape index (κ1) is 10.4. The lowest BCUT2D eigenvalue weighted by atomic mass is 10.1. The Kier molecular flexibility index (Phi) is 2.88. The summed E-state index contributed by atoms with van der Waals surface area (Å²) in [6.07, 6.45) is 0.938. The van der Waals surface area contributed by atoms with Crippen LogP contribution in [0.5, 0.6) is 0 Å². The standard InChI is InChI=1S/C9H12N2O3S/c1-13-9(12)6-7(10)15-8(11-6)5-2-3-14-4-5/h5H,2-4,10H2,1H3. The summed E-state index contributed by atoms with van der Waals surface area (Å²) in [4.78, 5) is 15.5. The number of methoxy groups -OCH3 is 1. The third-order valence-corrected chi connectivity index (χ3v) is 3.37. The van der Waals surface area contributed by atoms with Gasteiger partial charge in [0.15, 0.2) is 5.69 Å². The fourth-order valence-corrected chi connectivity index (χ4v) is 2.44. The Morgan fingerprint density at radius 1 is 1.73 bits per heavy atom. The lowest BCUT2D eigenvalue weighted by Crippen LogP contribution is -2.05. The zero-order valence-electron chi connectivity index (χ0n) is 8.36. The van der Waals surface area contributed by atoms with Crippen LogP contribution in [0.15, 0.2) is 0 Å². The van der Waals surface area contributed by atoms with Gasteiger partial charge in [-0.05, 0) is 6.42 Å². The molecule has 0 aromatic carbocycles. The maximum absolute atomic E-state index is 11.3. The van der Waals surface area contributed by atoms with Gasteiger partial charge in [0.2, 0.25) is 0 Å². The number of rotatable bonds is 2. The lowest BCUT2D eigenvalue weighted by molar-refractivity contribution is 0.0596. The van der Waals surface area contributed by atoms with Gasteiger partial charge in [0.05, 0.1) is 13.7 Å². The topological polar surface area (TPSA) is 74.4 Å². The van der Waals surface area contributed by atoms with Gasteiger partial charge >= 0.3 is 5.97 Å². The van der Waals surface area contributed by atoms with E-state index in [4.69, 9.17) is 10.5 Å². The van der Waals surface area contributed by atoms with Crippen molar-refractivity contribution in [1.82, 2.24) is 4.98 Å². The van der Waals surface area contributed by atoms with Gasteiger partial charge in [0.25, 0.3) is 0 Å². The Balaban J connectivity index is 2.23. The molecule has 15 heavy (non-hydrogen) atoms. The Bertz CT molecular complexity index is 371. The van der Waals surface area contributed by atoms with Crippen LogP contribution in [-0.2, 0) is 9.47 Å². The smallest absolute Gasteiger partial charge is 0.359 e. The third-order valence-electron chi connectivity index (χ3n) is 2.33. The van der Waals surface area contributed by atoms with Gasteiger partial charge in [-0.3, -0.25) is 0 Å². The number of esters is 1. The van der Waals surface area contributed by atoms with Crippen molar-refractivity contribution >= 4 is 22.3 Å². The molecule has 1 saturated heterocycles. The van der Waals surface area contributed by atoms with Crippen LogP contribution in [-0.4, -0.2) is 31.3 Å². The summed E-state index contributed by atoms with van der Waals surface area (Å²) >= 11 is 1.34. The summed E-state index contributed by atoms with van der Waals surface area (Å²) in [7, 11) is 1.32. The van der Waals surface area contributed by atoms with Gasteiger partial charge in [-0.2, -0.15) is 0 Å². The number of nitrogens with two attached hydrogens (primary N) is 1. The maximum atomic E-state index is 11.3. The first-order valence-electron chi connectivity index (χ1n) is 4.64. The molecule has 2 N–H and O–H groups in total. The summed E-state index contributed by atoms with van der Waals surface area (Å²) < 4.78 is 9.84. The summed E-state index contributed by atoms with van der Waals surface area (Å²) in [5, 5.41) is 1.29. The number of nitrogens with zero attached hydrogens (tertiary/aromatic N) is 1. The fraction of sp³-hybridized carbons (Fsp3) is 0.556. The molecule has 0 radical (unpaired) electrons. The predicted molar refractivity (Wildman–Crippen MR) is 56.0 cm³/mol. The number of anilines is 1. The van der Waals surface area contributed by atoms with Crippen molar-refractivity contribution in [3.63, 3.8) is 0 Å². The molecule has 1 unspecified atom stereocenters. The van der Waals surface area contributed by atoms with Crippen molar-refractivity contribution in [2.75, 3.05) is 26.1 Å². The van der Waals surface area contributed by atoms with Gasteiger partial charge in [-0.15, -0.1) is 11.3 Å². The molecular weight excluding hydrogens is 216 g/mol. The van der Waals surface area contributed by atoms with Crippen LogP contribution in [0.25, 0.3) is 0 Å². The number of nitrogen functional groups attached to an aromatic ring is 1. The fourth-order valence-electron chi connectivity index (χ4n) is 1.50. The van der Waals surface area contributed by atoms with Crippen LogP contribution >= 0.6 is 11.3 Å². The molecule has 0 aliphatic carbocycles. The number of carbonyl (C=O) groups excluding carboxylic acids is 1. The predicted octanol–water partition coefficient (Wildman–Crippen LogP) is 1.02. The van der Waals surface area contributed by atoms with E-state index in [1.165, 1.54) is 18.4 Å². The molecule has 1 fully saturated rings. The largest absolute Gasteiger partial charge is 0.464 e. The summed E-state index contributed by atoms with van der Waals surface area (Å²) in [5.74, 6) is -0.204. The Labute approximate surface area is 91.2 Å². The van der Waals surface area contributed by atoms with E-state index in [2.05, 4.69) is 9.72 Å².